The highest BCUT2D eigenvalue weighted by Crippen LogP contribution is 2.33. The third kappa shape index (κ3) is 3.38. The van der Waals surface area contributed by atoms with Crippen LogP contribution in [0.2, 0.25) is 0 Å². The quantitative estimate of drug-likeness (QED) is 0.390. The summed E-state index contributed by atoms with van der Waals surface area (Å²) in [5.74, 6) is 0. The molecule has 0 aliphatic heterocycles. The molecule has 0 spiro atoms. The van der Waals surface area contributed by atoms with Gasteiger partial charge in [-0.15, -0.1) is 0 Å². The van der Waals surface area contributed by atoms with Crippen LogP contribution in [0.4, 0.5) is 0 Å². The van der Waals surface area contributed by atoms with Crippen molar-refractivity contribution in [1.29, 1.82) is 0 Å². The zero-order chi connectivity index (χ0) is 21.4. The maximum absolute atomic E-state index is 4.61. The first-order valence-electron chi connectivity index (χ1n) is 10.1. The van der Waals surface area contributed by atoms with Crippen LogP contribution >= 0.6 is 0 Å². The molecule has 0 bridgehead atoms. The highest BCUT2D eigenvalue weighted by Gasteiger charge is 2.17. The van der Waals surface area contributed by atoms with E-state index in [0.29, 0.717) is 0 Å². The van der Waals surface area contributed by atoms with Crippen LogP contribution in [0, 0.1) is 6.92 Å². The molecule has 6 heteroatoms. The predicted molar refractivity (Wildman–Crippen MR) is 124 cm³/mol. The lowest BCUT2D eigenvalue weighted by atomic mass is 10.0. The smallest absolute Gasteiger partial charge is 0.116 e. The average molecular weight is 406 g/mol. The van der Waals surface area contributed by atoms with Crippen molar-refractivity contribution < 1.29 is 0 Å². The summed E-state index contributed by atoms with van der Waals surface area (Å²) >= 11 is 0. The van der Waals surface area contributed by atoms with Gasteiger partial charge < -0.3 is 4.98 Å². The number of H-pyrrole nitrogens is 2. The first kappa shape index (κ1) is 18.8. The second-order valence-electron chi connectivity index (χ2n) is 7.49. The number of hydrogen-bond donors (Lipinski definition) is 2. The Labute approximate surface area is 180 Å². The molecule has 31 heavy (non-hydrogen) atoms. The minimum Gasteiger partial charge on any atom is -0.357 e. The molecule has 0 fully saturated rings. The van der Waals surface area contributed by atoms with E-state index < -0.39 is 0 Å². The van der Waals surface area contributed by atoms with E-state index in [0.717, 1.165) is 55.9 Å². The van der Waals surface area contributed by atoms with Gasteiger partial charge in [-0.3, -0.25) is 14.8 Å². The van der Waals surface area contributed by atoms with Crippen LogP contribution in [0.3, 0.4) is 0 Å². The lowest BCUT2D eigenvalue weighted by Gasteiger charge is -2.05. The summed E-state index contributed by atoms with van der Waals surface area (Å²) in [4.78, 5) is 8.03. The number of nitrogens with zero attached hydrogens (tertiary/aromatic N) is 4. The summed E-state index contributed by atoms with van der Waals surface area (Å²) in [5.41, 5.74) is 9.05. The van der Waals surface area contributed by atoms with E-state index in [-0.39, 0.29) is 0 Å². The second kappa shape index (κ2) is 7.57. The molecule has 5 rings (SSSR count). The normalized spacial score (nSPS) is 11.9. The second-order valence-corrected chi connectivity index (χ2v) is 7.49. The Kier molecular flexibility index (Phi) is 4.59. The van der Waals surface area contributed by atoms with Crippen LogP contribution in [-0.2, 0) is 7.05 Å². The van der Waals surface area contributed by atoms with Crippen molar-refractivity contribution in [3.63, 3.8) is 0 Å². The van der Waals surface area contributed by atoms with E-state index in [2.05, 4.69) is 63.0 Å². The number of aromatic nitrogens is 6. The van der Waals surface area contributed by atoms with Gasteiger partial charge in [-0.2, -0.15) is 10.2 Å². The number of aryl methyl sites for hydroxylation is 2. The van der Waals surface area contributed by atoms with Crippen LogP contribution in [-0.4, -0.2) is 29.9 Å². The van der Waals surface area contributed by atoms with Gasteiger partial charge in [-0.05, 0) is 42.8 Å². The Morgan fingerprint density at radius 1 is 1.13 bits per heavy atom. The molecular formula is C25H22N6. The maximum Gasteiger partial charge on any atom is 0.116 e. The molecule has 0 saturated heterocycles. The Hall–Kier alpha value is -4.19. The molecule has 0 aliphatic carbocycles. The SMILES string of the molecule is C=C/C=C(/c1ccccn1)c1cc(-c2n[nH]c3ccc(-c4cnn(C)c4)cc23)[nH]c1C. The number of hydrogen-bond acceptors (Lipinski definition) is 3. The van der Waals surface area contributed by atoms with Crippen LogP contribution in [0.1, 0.15) is 17.0 Å². The molecule has 152 valence electrons. The molecule has 1 aromatic carbocycles. The summed E-state index contributed by atoms with van der Waals surface area (Å²) in [5, 5.41) is 13.1. The zero-order valence-corrected chi connectivity index (χ0v) is 17.4. The number of fused-ring (bicyclic) bond motifs is 1. The molecule has 6 nitrogen and oxygen atoms in total. The minimum absolute atomic E-state index is 0.883. The number of aromatic amines is 2. The van der Waals surface area contributed by atoms with Crippen molar-refractivity contribution in [1.82, 2.24) is 29.9 Å². The fourth-order valence-electron chi connectivity index (χ4n) is 3.89. The van der Waals surface area contributed by atoms with Crippen molar-refractivity contribution in [2.24, 2.45) is 7.05 Å². The van der Waals surface area contributed by atoms with Crippen molar-refractivity contribution in [2.45, 2.75) is 6.92 Å². The van der Waals surface area contributed by atoms with Crippen LogP contribution in [0.25, 0.3) is 39.0 Å². The topological polar surface area (TPSA) is 75.2 Å². The Morgan fingerprint density at radius 2 is 2.03 bits per heavy atom. The van der Waals surface area contributed by atoms with Gasteiger partial charge in [0, 0.05) is 47.2 Å². The average Bonchev–Trinajstić information content (AvgIpc) is 3.50. The van der Waals surface area contributed by atoms with Crippen LogP contribution in [0.15, 0.2) is 79.8 Å². The molecular weight excluding hydrogens is 384 g/mol. The van der Waals surface area contributed by atoms with E-state index in [9.17, 15) is 0 Å². The first-order chi connectivity index (χ1) is 15.1. The number of nitrogens with one attached hydrogen (secondary N) is 2. The lowest BCUT2D eigenvalue weighted by molar-refractivity contribution is 0.768. The van der Waals surface area contributed by atoms with E-state index in [1.807, 2.05) is 48.4 Å². The molecule has 5 aromatic rings. The Morgan fingerprint density at radius 3 is 2.77 bits per heavy atom. The molecule has 0 atom stereocenters. The minimum atomic E-state index is 0.883. The Bertz CT molecular complexity index is 1420. The number of pyridine rings is 1. The van der Waals surface area contributed by atoms with E-state index >= 15 is 0 Å². The molecule has 0 radical (unpaired) electrons. The highest BCUT2D eigenvalue weighted by molar-refractivity contribution is 5.96. The van der Waals surface area contributed by atoms with Gasteiger partial charge in [0.05, 0.1) is 23.1 Å². The number of benzene rings is 1. The van der Waals surface area contributed by atoms with E-state index in [4.69, 9.17) is 0 Å². The van der Waals surface area contributed by atoms with Crippen LogP contribution < -0.4 is 0 Å². The molecule has 0 saturated carbocycles. The highest BCUT2D eigenvalue weighted by atomic mass is 15.2. The number of rotatable bonds is 5. The van der Waals surface area contributed by atoms with Crippen LogP contribution in [0.5, 0.6) is 0 Å². The molecule has 0 amide bonds. The summed E-state index contributed by atoms with van der Waals surface area (Å²) in [6.07, 6.45) is 9.47. The Balaban J connectivity index is 1.61. The summed E-state index contributed by atoms with van der Waals surface area (Å²) in [7, 11) is 1.92. The van der Waals surface area contributed by atoms with Crippen molar-refractivity contribution in [3.05, 3.63) is 96.7 Å². The largest absolute Gasteiger partial charge is 0.357 e. The monoisotopic (exact) mass is 406 g/mol. The molecule has 4 aromatic heterocycles. The fourth-order valence-corrected chi connectivity index (χ4v) is 3.89. The van der Waals surface area contributed by atoms with E-state index in [1.165, 1.54) is 0 Å². The van der Waals surface area contributed by atoms with Gasteiger partial charge in [-0.1, -0.05) is 30.9 Å². The van der Waals surface area contributed by atoms with Crippen molar-refractivity contribution in [2.75, 3.05) is 0 Å². The first-order valence-corrected chi connectivity index (χ1v) is 10.1. The van der Waals surface area contributed by atoms with Crippen molar-refractivity contribution >= 4 is 16.5 Å². The number of allylic oxidation sites excluding steroid dienone is 2. The van der Waals surface area contributed by atoms with Gasteiger partial charge in [0.15, 0.2) is 0 Å². The van der Waals surface area contributed by atoms with Gasteiger partial charge in [-0.25, -0.2) is 0 Å². The molecule has 0 aliphatic rings. The molecule has 0 unspecified atom stereocenters. The van der Waals surface area contributed by atoms with Gasteiger partial charge >= 0.3 is 0 Å². The lowest BCUT2D eigenvalue weighted by Crippen LogP contribution is -1.91. The molecule has 4 heterocycles. The van der Waals surface area contributed by atoms with Crippen molar-refractivity contribution in [3.8, 4) is 22.5 Å². The summed E-state index contributed by atoms with van der Waals surface area (Å²) < 4.78 is 1.81. The fraction of sp³-hybridized carbons (Fsp3) is 0.0800. The standard InChI is InChI=1S/C25H22N6/c1-4-7-19(22-8-5-6-11-26-22)20-13-24(28-16(20)2)25-21-12-17(9-10-23(21)29-30-25)18-14-27-31(3)15-18/h4-15,28H,1H2,2-3H3,(H,29,30)/b19-7+. The third-order valence-electron chi connectivity index (χ3n) is 5.39. The van der Waals surface area contributed by atoms with Gasteiger partial charge in [0.25, 0.3) is 0 Å². The van der Waals surface area contributed by atoms with Gasteiger partial charge in [0.1, 0.15) is 5.69 Å². The molecule has 2 N–H and O–H groups in total. The predicted octanol–water partition coefficient (Wildman–Crippen LogP) is 5.28. The van der Waals surface area contributed by atoms with E-state index in [1.54, 1.807) is 12.3 Å². The summed E-state index contributed by atoms with van der Waals surface area (Å²) in [6.45, 7) is 5.94. The van der Waals surface area contributed by atoms with Gasteiger partial charge in [0.2, 0.25) is 0 Å². The summed E-state index contributed by atoms with van der Waals surface area (Å²) in [6, 6.07) is 14.3. The third-order valence-corrected chi connectivity index (χ3v) is 5.39. The maximum atomic E-state index is 4.61. The zero-order valence-electron chi connectivity index (χ0n) is 17.4.